The lowest BCUT2D eigenvalue weighted by Crippen LogP contribution is -2.07. The number of hydrogen-bond donors (Lipinski definition) is 0. The van der Waals surface area contributed by atoms with E-state index in [1.54, 1.807) is 19.1 Å². The Morgan fingerprint density at radius 2 is 2.06 bits per heavy atom. The molecule has 0 bridgehead atoms. The zero-order valence-electron chi connectivity index (χ0n) is 10.0. The van der Waals surface area contributed by atoms with Crippen LogP contribution in [0.2, 0.25) is 0 Å². The van der Waals surface area contributed by atoms with Gasteiger partial charge in [0.1, 0.15) is 0 Å². The van der Waals surface area contributed by atoms with Crippen LogP contribution < -0.4 is 0 Å². The first kappa shape index (κ1) is 12.7. The summed E-state index contributed by atoms with van der Waals surface area (Å²) in [5.74, 6) is 0. The number of hydrogen-bond acceptors (Lipinski definition) is 1. The fraction of sp³-hybridized carbons (Fsp3) is 0.308. The fourth-order valence-corrected chi connectivity index (χ4v) is 1.70. The van der Waals surface area contributed by atoms with E-state index in [-0.39, 0.29) is 0 Å². The van der Waals surface area contributed by atoms with E-state index in [0.717, 1.165) is 11.6 Å². The number of nitrogens with zero attached hydrogens (tertiary/aromatic N) is 2. The van der Waals surface area contributed by atoms with Crippen LogP contribution in [0.5, 0.6) is 0 Å². The molecular formula is C13H12F3N2. The first-order chi connectivity index (χ1) is 8.41. The van der Waals surface area contributed by atoms with Gasteiger partial charge in [0, 0.05) is 11.8 Å². The van der Waals surface area contributed by atoms with Crippen molar-refractivity contribution in [3.8, 4) is 5.69 Å². The third kappa shape index (κ3) is 2.39. The van der Waals surface area contributed by atoms with Crippen LogP contribution in [-0.2, 0) is 12.6 Å². The largest absolute Gasteiger partial charge is 0.435 e. The van der Waals surface area contributed by atoms with Gasteiger partial charge in [0.15, 0.2) is 5.69 Å². The first-order valence-electron chi connectivity index (χ1n) is 5.56. The molecule has 18 heavy (non-hydrogen) atoms. The highest BCUT2D eigenvalue weighted by Gasteiger charge is 2.34. The third-order valence-electron chi connectivity index (χ3n) is 2.61. The maximum atomic E-state index is 12.6. The Balaban J connectivity index is 2.54. The summed E-state index contributed by atoms with van der Waals surface area (Å²) in [6, 6.07) is 9.25. The van der Waals surface area contributed by atoms with Crippen molar-refractivity contribution in [1.29, 1.82) is 0 Å². The van der Waals surface area contributed by atoms with E-state index in [0.29, 0.717) is 17.8 Å². The molecule has 0 saturated carbocycles. The smallest absolute Gasteiger partial charge is 0.237 e. The zero-order valence-corrected chi connectivity index (χ0v) is 10.0. The van der Waals surface area contributed by atoms with E-state index in [4.69, 9.17) is 0 Å². The van der Waals surface area contributed by atoms with Crippen molar-refractivity contribution in [2.45, 2.75) is 26.4 Å². The fourth-order valence-electron chi connectivity index (χ4n) is 1.70. The molecule has 0 atom stereocenters. The van der Waals surface area contributed by atoms with E-state index in [1.807, 2.05) is 13.0 Å². The maximum Gasteiger partial charge on any atom is 0.435 e. The highest BCUT2D eigenvalue weighted by Crippen LogP contribution is 2.29. The van der Waals surface area contributed by atoms with Crippen molar-refractivity contribution in [3.63, 3.8) is 0 Å². The Morgan fingerprint density at radius 3 is 2.61 bits per heavy atom. The monoisotopic (exact) mass is 253 g/mol. The quantitative estimate of drug-likeness (QED) is 0.800. The molecule has 2 aromatic rings. The minimum absolute atomic E-state index is 0.477. The van der Waals surface area contributed by atoms with Crippen molar-refractivity contribution < 1.29 is 13.2 Å². The summed E-state index contributed by atoms with van der Waals surface area (Å²) in [7, 11) is 0. The van der Waals surface area contributed by atoms with Gasteiger partial charge >= 0.3 is 6.18 Å². The molecule has 95 valence electrons. The highest BCUT2D eigenvalue weighted by molar-refractivity contribution is 5.36. The molecule has 0 N–H and O–H groups in total. The second-order valence-electron chi connectivity index (χ2n) is 4.04. The molecule has 2 rings (SSSR count). The van der Waals surface area contributed by atoms with Gasteiger partial charge in [-0.05, 0) is 31.0 Å². The van der Waals surface area contributed by atoms with Gasteiger partial charge in [0.2, 0.25) is 0 Å². The summed E-state index contributed by atoms with van der Waals surface area (Å²) in [4.78, 5) is 0. The number of alkyl halides is 3. The number of benzene rings is 1. The lowest BCUT2D eigenvalue weighted by atomic mass is 10.2. The van der Waals surface area contributed by atoms with Crippen LogP contribution >= 0.6 is 0 Å². The topological polar surface area (TPSA) is 17.8 Å². The van der Waals surface area contributed by atoms with Crippen molar-refractivity contribution in [3.05, 3.63) is 47.3 Å². The number of aryl methyl sites for hydroxylation is 2. The molecule has 5 heteroatoms. The molecule has 1 radical (unpaired) electrons. The van der Waals surface area contributed by atoms with Crippen LogP contribution in [0.1, 0.15) is 23.9 Å². The summed E-state index contributed by atoms with van der Waals surface area (Å²) < 4.78 is 39.2. The highest BCUT2D eigenvalue weighted by atomic mass is 19.4. The van der Waals surface area contributed by atoms with E-state index < -0.39 is 11.9 Å². The number of rotatable bonds is 2. The molecule has 1 heterocycles. The van der Waals surface area contributed by atoms with Gasteiger partial charge in [-0.3, -0.25) is 0 Å². The van der Waals surface area contributed by atoms with Gasteiger partial charge in [-0.15, -0.1) is 0 Å². The number of aromatic nitrogens is 2. The Hall–Kier alpha value is -1.78. The molecule has 0 saturated heterocycles. The zero-order chi connectivity index (χ0) is 13.3. The van der Waals surface area contributed by atoms with E-state index in [2.05, 4.69) is 11.2 Å². The Bertz CT molecular complexity index is 556. The summed E-state index contributed by atoms with van der Waals surface area (Å²) >= 11 is 0. The van der Waals surface area contributed by atoms with E-state index >= 15 is 0 Å². The molecule has 1 aromatic heterocycles. The molecule has 0 amide bonds. The standard InChI is InChI=1S/C13H12F3N2/c1-3-10-8-12(13(14,15)16)17-18(10)11-6-4-5-9(2)7-11/h4-5,7-8H,3H2,1-2H3. The summed E-state index contributed by atoms with van der Waals surface area (Å²) in [6.45, 7) is 3.67. The minimum atomic E-state index is -4.42. The Kier molecular flexibility index (Phi) is 3.15. The lowest BCUT2D eigenvalue weighted by molar-refractivity contribution is -0.141. The first-order valence-corrected chi connectivity index (χ1v) is 5.56. The Labute approximate surface area is 103 Å². The second-order valence-corrected chi connectivity index (χ2v) is 4.04. The maximum absolute atomic E-state index is 12.6. The van der Waals surface area contributed by atoms with Crippen molar-refractivity contribution in [2.75, 3.05) is 0 Å². The molecule has 0 spiro atoms. The van der Waals surface area contributed by atoms with E-state index in [1.165, 1.54) is 4.68 Å². The minimum Gasteiger partial charge on any atom is -0.237 e. The van der Waals surface area contributed by atoms with Crippen molar-refractivity contribution >= 4 is 0 Å². The molecular weight excluding hydrogens is 241 g/mol. The van der Waals surface area contributed by atoms with Gasteiger partial charge < -0.3 is 0 Å². The van der Waals surface area contributed by atoms with Crippen molar-refractivity contribution in [2.24, 2.45) is 0 Å². The molecule has 2 nitrogen and oxygen atoms in total. The van der Waals surface area contributed by atoms with Gasteiger partial charge in [-0.2, -0.15) is 18.3 Å². The Morgan fingerprint density at radius 1 is 1.33 bits per heavy atom. The van der Waals surface area contributed by atoms with Crippen LogP contribution in [0.25, 0.3) is 5.69 Å². The SMILES string of the molecule is CCc1cc(C(F)(F)F)nn1-c1[c]ccc(C)c1. The van der Waals surface area contributed by atoms with Crippen molar-refractivity contribution in [1.82, 2.24) is 9.78 Å². The lowest BCUT2D eigenvalue weighted by Gasteiger charge is -2.06. The van der Waals surface area contributed by atoms with Crippen LogP contribution in [-0.4, -0.2) is 9.78 Å². The summed E-state index contributed by atoms with van der Waals surface area (Å²) in [6.07, 6.45) is -3.94. The average Bonchev–Trinajstić information content (AvgIpc) is 2.72. The number of halogens is 3. The van der Waals surface area contributed by atoms with E-state index in [9.17, 15) is 13.2 Å². The summed E-state index contributed by atoms with van der Waals surface area (Å²) in [5.41, 5.74) is 1.13. The van der Waals surface area contributed by atoms with Crippen LogP contribution in [0.15, 0.2) is 24.3 Å². The van der Waals surface area contributed by atoms with Gasteiger partial charge in [-0.1, -0.05) is 19.1 Å². The molecule has 0 aliphatic carbocycles. The molecule has 0 unspecified atom stereocenters. The van der Waals surface area contributed by atoms with Crippen LogP contribution in [0, 0.1) is 13.0 Å². The third-order valence-corrected chi connectivity index (χ3v) is 2.61. The van der Waals surface area contributed by atoms with Gasteiger partial charge in [-0.25, -0.2) is 4.68 Å². The normalized spacial score (nSPS) is 11.8. The van der Waals surface area contributed by atoms with Crippen LogP contribution in [0.4, 0.5) is 13.2 Å². The predicted molar refractivity (Wildman–Crippen MR) is 61.5 cm³/mol. The van der Waals surface area contributed by atoms with Gasteiger partial charge in [0.05, 0.1) is 5.69 Å². The van der Waals surface area contributed by atoms with Gasteiger partial charge in [0.25, 0.3) is 0 Å². The molecule has 0 aliphatic rings. The second kappa shape index (κ2) is 4.48. The molecule has 0 aliphatic heterocycles. The molecule has 0 fully saturated rings. The molecule has 1 aromatic carbocycles. The predicted octanol–water partition coefficient (Wildman–Crippen LogP) is 3.56. The average molecular weight is 253 g/mol. The summed E-state index contributed by atoms with van der Waals surface area (Å²) in [5, 5.41) is 3.62. The van der Waals surface area contributed by atoms with Crippen LogP contribution in [0.3, 0.4) is 0 Å².